The van der Waals surface area contributed by atoms with Crippen LogP contribution in [0.3, 0.4) is 0 Å². The first-order chi connectivity index (χ1) is 11.3. The van der Waals surface area contributed by atoms with Crippen LogP contribution in [0.5, 0.6) is 0 Å². The molecule has 4 rings (SSSR count). The Balaban J connectivity index is 2.01. The predicted molar refractivity (Wildman–Crippen MR) is 90.7 cm³/mol. The number of hydrogen-bond donors (Lipinski definition) is 0. The number of hydrogen-bond acceptors (Lipinski definition) is 4. The van der Waals surface area contributed by atoms with Crippen LogP contribution in [-0.2, 0) is 0 Å². The van der Waals surface area contributed by atoms with Crippen LogP contribution >= 0.6 is 0 Å². The highest BCUT2D eigenvalue weighted by atomic mass is 14.9. The number of aromatic nitrogens is 4. The van der Waals surface area contributed by atoms with Gasteiger partial charge < -0.3 is 0 Å². The van der Waals surface area contributed by atoms with E-state index in [4.69, 9.17) is 4.98 Å². The van der Waals surface area contributed by atoms with Crippen LogP contribution in [0.15, 0.2) is 66.9 Å². The maximum atomic E-state index is 4.75. The van der Waals surface area contributed by atoms with Crippen LogP contribution in [0.1, 0.15) is 5.69 Å². The third-order valence-electron chi connectivity index (χ3n) is 3.62. The number of pyridine rings is 2. The Morgan fingerprint density at radius 2 is 1.61 bits per heavy atom. The lowest BCUT2D eigenvalue weighted by Gasteiger charge is -2.08. The smallest absolute Gasteiger partial charge is 0.179 e. The second kappa shape index (κ2) is 5.57. The van der Waals surface area contributed by atoms with Crippen molar-refractivity contribution in [2.24, 2.45) is 0 Å². The molecule has 0 saturated heterocycles. The molecule has 0 bridgehead atoms. The maximum absolute atomic E-state index is 4.75. The van der Waals surface area contributed by atoms with Gasteiger partial charge in [0.15, 0.2) is 5.82 Å². The molecule has 0 aliphatic rings. The molecular weight excluding hydrogens is 284 g/mol. The second-order valence-electron chi connectivity index (χ2n) is 5.30. The molecular formula is C19H14N4. The second-order valence-corrected chi connectivity index (χ2v) is 5.30. The van der Waals surface area contributed by atoms with E-state index in [1.807, 2.05) is 67.6 Å². The van der Waals surface area contributed by atoms with Crippen molar-refractivity contribution >= 4 is 11.0 Å². The van der Waals surface area contributed by atoms with E-state index in [1.54, 1.807) is 6.20 Å². The number of benzene rings is 1. The third kappa shape index (κ3) is 2.55. The van der Waals surface area contributed by atoms with Crippen molar-refractivity contribution in [3.05, 3.63) is 72.6 Å². The summed E-state index contributed by atoms with van der Waals surface area (Å²) < 4.78 is 0. The predicted octanol–water partition coefficient (Wildman–Crippen LogP) is 4.06. The fourth-order valence-corrected chi connectivity index (χ4v) is 2.55. The zero-order chi connectivity index (χ0) is 15.6. The quantitative estimate of drug-likeness (QED) is 0.560. The van der Waals surface area contributed by atoms with Crippen molar-refractivity contribution in [3.8, 4) is 22.8 Å². The minimum atomic E-state index is 0.619. The van der Waals surface area contributed by atoms with E-state index >= 15 is 0 Å². The van der Waals surface area contributed by atoms with Gasteiger partial charge in [0.25, 0.3) is 0 Å². The lowest BCUT2D eigenvalue weighted by atomic mass is 10.1. The Hall–Kier alpha value is -3.14. The first kappa shape index (κ1) is 13.5. The summed E-state index contributed by atoms with van der Waals surface area (Å²) in [6.07, 6.45) is 1.77. The van der Waals surface area contributed by atoms with Gasteiger partial charge in [0.2, 0.25) is 0 Å². The average molecular weight is 298 g/mol. The minimum Gasteiger partial charge on any atom is -0.252 e. The molecule has 0 radical (unpaired) electrons. The van der Waals surface area contributed by atoms with Gasteiger partial charge in [-0.05, 0) is 31.2 Å². The molecule has 0 amide bonds. The van der Waals surface area contributed by atoms with E-state index in [0.29, 0.717) is 5.82 Å². The minimum absolute atomic E-state index is 0.619. The van der Waals surface area contributed by atoms with Crippen molar-refractivity contribution < 1.29 is 0 Å². The summed E-state index contributed by atoms with van der Waals surface area (Å²) in [6.45, 7) is 1.96. The van der Waals surface area contributed by atoms with Gasteiger partial charge in [-0.1, -0.05) is 36.4 Å². The molecule has 4 aromatic rings. The topological polar surface area (TPSA) is 51.6 Å². The van der Waals surface area contributed by atoms with Gasteiger partial charge in [-0.15, -0.1) is 0 Å². The Bertz CT molecular complexity index is 981. The first-order valence-corrected chi connectivity index (χ1v) is 7.43. The molecule has 0 aliphatic carbocycles. The van der Waals surface area contributed by atoms with Gasteiger partial charge >= 0.3 is 0 Å². The number of aryl methyl sites for hydroxylation is 1. The zero-order valence-corrected chi connectivity index (χ0v) is 12.6. The molecule has 110 valence electrons. The Kier molecular flexibility index (Phi) is 3.27. The molecule has 1 aromatic carbocycles. The largest absolute Gasteiger partial charge is 0.252 e. The lowest BCUT2D eigenvalue weighted by molar-refractivity contribution is 1.13. The van der Waals surface area contributed by atoms with Crippen LogP contribution in [0, 0.1) is 6.92 Å². The van der Waals surface area contributed by atoms with Crippen molar-refractivity contribution in [1.29, 1.82) is 0 Å². The van der Waals surface area contributed by atoms with Crippen LogP contribution in [0.4, 0.5) is 0 Å². The molecule has 4 nitrogen and oxygen atoms in total. The molecule has 3 aromatic heterocycles. The fourth-order valence-electron chi connectivity index (χ4n) is 2.55. The van der Waals surface area contributed by atoms with Crippen LogP contribution in [-0.4, -0.2) is 19.9 Å². The van der Waals surface area contributed by atoms with Crippen molar-refractivity contribution in [2.45, 2.75) is 6.92 Å². The molecule has 4 heteroatoms. The molecule has 0 aliphatic heterocycles. The lowest BCUT2D eigenvalue weighted by Crippen LogP contribution is -1.98. The Morgan fingerprint density at radius 1 is 0.739 bits per heavy atom. The summed E-state index contributed by atoms with van der Waals surface area (Å²) in [7, 11) is 0. The number of rotatable bonds is 2. The van der Waals surface area contributed by atoms with Crippen LogP contribution < -0.4 is 0 Å². The standard InChI is InChI=1S/C19H14N4/c1-13-7-5-10-16(21-13)19-22-15-11-6-12-20-18(15)17(23-19)14-8-3-2-4-9-14/h2-12H,1H3. The zero-order valence-electron chi connectivity index (χ0n) is 12.6. The summed E-state index contributed by atoms with van der Waals surface area (Å²) in [6, 6.07) is 19.7. The number of fused-ring (bicyclic) bond motifs is 1. The highest BCUT2D eigenvalue weighted by molar-refractivity contribution is 5.90. The molecule has 0 unspecified atom stereocenters. The summed E-state index contributed by atoms with van der Waals surface area (Å²) >= 11 is 0. The van der Waals surface area contributed by atoms with Gasteiger partial charge in [-0.3, -0.25) is 4.98 Å². The van der Waals surface area contributed by atoms with Gasteiger partial charge in [-0.2, -0.15) is 0 Å². The van der Waals surface area contributed by atoms with Gasteiger partial charge in [-0.25, -0.2) is 15.0 Å². The summed E-state index contributed by atoms with van der Waals surface area (Å²) in [5.41, 5.74) is 5.18. The van der Waals surface area contributed by atoms with E-state index in [0.717, 1.165) is 33.7 Å². The van der Waals surface area contributed by atoms with E-state index in [2.05, 4.69) is 15.0 Å². The van der Waals surface area contributed by atoms with E-state index in [-0.39, 0.29) is 0 Å². The normalized spacial score (nSPS) is 10.8. The van der Waals surface area contributed by atoms with Crippen molar-refractivity contribution in [1.82, 2.24) is 19.9 Å². The monoisotopic (exact) mass is 298 g/mol. The maximum Gasteiger partial charge on any atom is 0.179 e. The molecule has 0 fully saturated rings. The number of nitrogens with zero attached hydrogens (tertiary/aromatic N) is 4. The van der Waals surface area contributed by atoms with E-state index in [9.17, 15) is 0 Å². The Labute approximate surface area is 133 Å². The third-order valence-corrected chi connectivity index (χ3v) is 3.62. The highest BCUT2D eigenvalue weighted by Gasteiger charge is 2.12. The van der Waals surface area contributed by atoms with Gasteiger partial charge in [0.05, 0.1) is 5.52 Å². The molecule has 0 saturated carbocycles. The summed E-state index contributed by atoms with van der Waals surface area (Å²) in [5.74, 6) is 0.619. The molecule has 23 heavy (non-hydrogen) atoms. The molecule has 0 N–H and O–H groups in total. The summed E-state index contributed by atoms with van der Waals surface area (Å²) in [5, 5.41) is 0. The average Bonchev–Trinajstić information content (AvgIpc) is 2.61. The first-order valence-electron chi connectivity index (χ1n) is 7.43. The van der Waals surface area contributed by atoms with Crippen LogP contribution in [0.25, 0.3) is 33.8 Å². The van der Waals surface area contributed by atoms with Gasteiger partial charge in [0.1, 0.15) is 16.9 Å². The van der Waals surface area contributed by atoms with Crippen molar-refractivity contribution in [2.75, 3.05) is 0 Å². The van der Waals surface area contributed by atoms with E-state index in [1.165, 1.54) is 0 Å². The van der Waals surface area contributed by atoms with Crippen LogP contribution in [0.2, 0.25) is 0 Å². The SMILES string of the molecule is Cc1cccc(-c2nc(-c3ccccc3)c3ncccc3n2)n1. The fraction of sp³-hybridized carbons (Fsp3) is 0.0526. The van der Waals surface area contributed by atoms with Crippen molar-refractivity contribution in [3.63, 3.8) is 0 Å². The molecule has 3 heterocycles. The highest BCUT2D eigenvalue weighted by Crippen LogP contribution is 2.26. The molecule has 0 atom stereocenters. The Morgan fingerprint density at radius 3 is 2.43 bits per heavy atom. The summed E-state index contributed by atoms with van der Waals surface area (Å²) in [4.78, 5) is 18.4. The molecule has 0 spiro atoms. The van der Waals surface area contributed by atoms with E-state index < -0.39 is 0 Å². The van der Waals surface area contributed by atoms with Gasteiger partial charge in [0, 0.05) is 17.5 Å².